The zero-order valence-electron chi connectivity index (χ0n) is 34.7. The molecule has 0 aliphatic heterocycles. The highest BCUT2D eigenvalue weighted by Gasteiger charge is 2.18. The number of nitrogens with zero attached hydrogens (tertiary/aromatic N) is 3. The second-order valence-electron chi connectivity index (χ2n) is 15.8. The third-order valence-electron chi connectivity index (χ3n) is 12.0. The molecule has 3 nitrogen and oxygen atoms in total. The number of fused-ring (bicyclic) bond motifs is 3. The first-order chi connectivity index (χ1) is 31.2. The lowest BCUT2D eigenvalue weighted by atomic mass is 10.0. The Morgan fingerprint density at radius 2 is 0.587 bits per heavy atom. The van der Waals surface area contributed by atoms with Crippen LogP contribution >= 0.6 is 0 Å². The molecule has 0 unspecified atom stereocenters. The van der Waals surface area contributed by atoms with E-state index in [-0.39, 0.29) is 0 Å². The Hall–Kier alpha value is -8.40. The normalized spacial score (nSPS) is 11.2. The third-order valence-corrected chi connectivity index (χ3v) is 12.0. The van der Waals surface area contributed by atoms with E-state index in [0.29, 0.717) is 0 Å². The summed E-state index contributed by atoms with van der Waals surface area (Å²) in [6.07, 6.45) is 0. The van der Waals surface area contributed by atoms with Crippen molar-refractivity contribution in [1.29, 1.82) is 0 Å². The van der Waals surface area contributed by atoms with E-state index in [1.807, 2.05) is 0 Å². The predicted molar refractivity (Wildman–Crippen MR) is 266 cm³/mol. The van der Waals surface area contributed by atoms with Gasteiger partial charge in [0.1, 0.15) is 0 Å². The minimum absolute atomic E-state index is 1.08. The van der Waals surface area contributed by atoms with Crippen molar-refractivity contribution in [2.24, 2.45) is 0 Å². The lowest BCUT2D eigenvalue weighted by Gasteiger charge is -2.27. The summed E-state index contributed by atoms with van der Waals surface area (Å²) in [5.74, 6) is 0. The molecule has 0 fully saturated rings. The molecule has 1 aromatic heterocycles. The molecule has 10 aromatic carbocycles. The van der Waals surface area contributed by atoms with Crippen molar-refractivity contribution < 1.29 is 0 Å². The zero-order valence-corrected chi connectivity index (χ0v) is 34.7. The van der Waals surface area contributed by atoms with Gasteiger partial charge in [-0.2, -0.15) is 0 Å². The molecule has 63 heavy (non-hydrogen) atoms. The predicted octanol–water partition coefficient (Wildman–Crippen LogP) is 16.7. The lowest BCUT2D eigenvalue weighted by molar-refractivity contribution is 1.18. The van der Waals surface area contributed by atoms with Gasteiger partial charge < -0.3 is 14.4 Å². The molecule has 0 bridgehead atoms. The highest BCUT2D eigenvalue weighted by atomic mass is 15.1. The summed E-state index contributed by atoms with van der Waals surface area (Å²) in [6, 6.07) is 93.6. The van der Waals surface area contributed by atoms with Gasteiger partial charge in [0.25, 0.3) is 0 Å². The third kappa shape index (κ3) is 7.32. The van der Waals surface area contributed by atoms with Crippen LogP contribution in [0.2, 0.25) is 0 Å². The van der Waals surface area contributed by atoms with Gasteiger partial charge in [0.15, 0.2) is 0 Å². The van der Waals surface area contributed by atoms with E-state index < -0.39 is 0 Å². The highest BCUT2D eigenvalue weighted by Crippen LogP contribution is 2.41. The number of rotatable bonds is 10. The van der Waals surface area contributed by atoms with Crippen molar-refractivity contribution >= 4 is 55.9 Å². The van der Waals surface area contributed by atoms with Gasteiger partial charge in [0, 0.05) is 50.6 Å². The van der Waals surface area contributed by atoms with Gasteiger partial charge in [-0.05, 0) is 130 Å². The van der Waals surface area contributed by atoms with Crippen molar-refractivity contribution in [3.05, 3.63) is 261 Å². The van der Waals surface area contributed by atoms with Crippen LogP contribution in [-0.2, 0) is 0 Å². The van der Waals surface area contributed by atoms with Crippen LogP contribution in [0.25, 0.3) is 60.9 Å². The Balaban J connectivity index is 0.989. The number of benzene rings is 10. The first kappa shape index (κ1) is 37.6. The summed E-state index contributed by atoms with van der Waals surface area (Å²) in [6.45, 7) is 0. The Kier molecular flexibility index (Phi) is 9.89. The van der Waals surface area contributed by atoms with E-state index in [4.69, 9.17) is 0 Å². The van der Waals surface area contributed by atoms with Crippen LogP contribution in [-0.4, -0.2) is 4.57 Å². The van der Waals surface area contributed by atoms with Gasteiger partial charge >= 0.3 is 0 Å². The Bertz CT molecular complexity index is 3260. The minimum Gasteiger partial charge on any atom is -0.310 e. The molecule has 0 saturated heterocycles. The SMILES string of the molecule is c1ccc(-c2ccc(N(c3ccc(-c4cccc(N(c5ccccc5)c5ccccc5)c4)cc3)c3cccc(-c4ccc5c6ccccc6n(-c6ccccc6)c5c4)c3)cc2)cc1. The molecule has 0 amide bonds. The van der Waals surface area contributed by atoms with Gasteiger partial charge in [0.05, 0.1) is 11.0 Å². The average molecular weight is 806 g/mol. The zero-order chi connectivity index (χ0) is 42.0. The fourth-order valence-electron chi connectivity index (χ4n) is 8.94. The van der Waals surface area contributed by atoms with Gasteiger partial charge in [-0.15, -0.1) is 0 Å². The van der Waals surface area contributed by atoms with E-state index in [0.717, 1.165) is 56.5 Å². The average Bonchev–Trinajstić information content (AvgIpc) is 3.70. The Morgan fingerprint density at radius 1 is 0.222 bits per heavy atom. The molecule has 0 radical (unpaired) electrons. The molecule has 0 N–H and O–H groups in total. The quantitative estimate of drug-likeness (QED) is 0.136. The van der Waals surface area contributed by atoms with Crippen LogP contribution in [0.3, 0.4) is 0 Å². The van der Waals surface area contributed by atoms with Gasteiger partial charge in [0.2, 0.25) is 0 Å². The van der Waals surface area contributed by atoms with E-state index in [2.05, 4.69) is 275 Å². The first-order valence-corrected chi connectivity index (χ1v) is 21.5. The molecule has 0 spiro atoms. The topological polar surface area (TPSA) is 11.4 Å². The van der Waals surface area contributed by atoms with Crippen molar-refractivity contribution in [3.63, 3.8) is 0 Å². The van der Waals surface area contributed by atoms with E-state index in [1.54, 1.807) is 0 Å². The number of hydrogen-bond acceptors (Lipinski definition) is 2. The number of para-hydroxylation sites is 4. The van der Waals surface area contributed by atoms with Crippen molar-refractivity contribution in [2.45, 2.75) is 0 Å². The largest absolute Gasteiger partial charge is 0.310 e. The van der Waals surface area contributed by atoms with E-state index in [1.165, 1.54) is 38.5 Å². The second kappa shape index (κ2) is 16.6. The van der Waals surface area contributed by atoms with Crippen LogP contribution in [0.1, 0.15) is 0 Å². The lowest BCUT2D eigenvalue weighted by Crippen LogP contribution is -2.10. The highest BCUT2D eigenvalue weighted by molar-refractivity contribution is 6.10. The monoisotopic (exact) mass is 805 g/mol. The van der Waals surface area contributed by atoms with Crippen molar-refractivity contribution in [3.8, 4) is 39.1 Å². The summed E-state index contributed by atoms with van der Waals surface area (Å²) in [5.41, 5.74) is 17.1. The molecule has 0 saturated carbocycles. The molecule has 11 rings (SSSR count). The molecule has 298 valence electrons. The van der Waals surface area contributed by atoms with Crippen LogP contribution < -0.4 is 9.80 Å². The Labute approximate surface area is 368 Å². The number of anilines is 6. The summed E-state index contributed by atoms with van der Waals surface area (Å²) in [4.78, 5) is 4.68. The van der Waals surface area contributed by atoms with Crippen LogP contribution in [0.4, 0.5) is 34.1 Å². The van der Waals surface area contributed by atoms with Gasteiger partial charge in [-0.25, -0.2) is 0 Å². The first-order valence-electron chi connectivity index (χ1n) is 21.5. The standard InChI is InChI=1S/C60H43N3/c1-5-17-44(18-6-1)45-31-36-53(37-32-45)62(54-38-33-46(34-39-54)47-19-15-27-55(41-47)61(50-21-7-2-8-22-50)51-23-9-3-10-24-51)56-28-16-20-48(42-56)49-35-40-58-57-29-13-14-30-59(57)63(60(58)43-49)52-25-11-4-12-26-52/h1-43H. The fraction of sp³-hybridized carbons (Fsp3) is 0. The minimum atomic E-state index is 1.08. The van der Waals surface area contributed by atoms with Gasteiger partial charge in [-0.1, -0.05) is 164 Å². The summed E-state index contributed by atoms with van der Waals surface area (Å²) in [7, 11) is 0. The summed E-state index contributed by atoms with van der Waals surface area (Å²) >= 11 is 0. The molecular weight excluding hydrogens is 763 g/mol. The maximum absolute atomic E-state index is 2.39. The molecule has 0 aliphatic carbocycles. The van der Waals surface area contributed by atoms with Crippen molar-refractivity contribution in [1.82, 2.24) is 4.57 Å². The fourth-order valence-corrected chi connectivity index (χ4v) is 8.94. The smallest absolute Gasteiger partial charge is 0.0547 e. The van der Waals surface area contributed by atoms with E-state index in [9.17, 15) is 0 Å². The molecular formula is C60H43N3. The maximum atomic E-state index is 2.39. The van der Waals surface area contributed by atoms with Crippen LogP contribution in [0.15, 0.2) is 261 Å². The van der Waals surface area contributed by atoms with E-state index >= 15 is 0 Å². The molecule has 11 aromatic rings. The summed E-state index contributed by atoms with van der Waals surface area (Å²) in [5, 5.41) is 2.50. The van der Waals surface area contributed by atoms with Crippen LogP contribution in [0, 0.1) is 0 Å². The van der Waals surface area contributed by atoms with Crippen molar-refractivity contribution in [2.75, 3.05) is 9.80 Å². The summed E-state index contributed by atoms with van der Waals surface area (Å²) < 4.78 is 2.39. The van der Waals surface area contributed by atoms with Crippen LogP contribution in [0.5, 0.6) is 0 Å². The molecule has 1 heterocycles. The van der Waals surface area contributed by atoms with Gasteiger partial charge in [-0.3, -0.25) is 0 Å². The second-order valence-corrected chi connectivity index (χ2v) is 15.8. The number of aromatic nitrogens is 1. The molecule has 0 atom stereocenters. The maximum Gasteiger partial charge on any atom is 0.0547 e. The molecule has 3 heteroatoms. The Morgan fingerprint density at radius 3 is 1.16 bits per heavy atom. The number of hydrogen-bond donors (Lipinski definition) is 0. The molecule has 0 aliphatic rings.